The van der Waals surface area contributed by atoms with Crippen molar-refractivity contribution in [2.45, 2.75) is 334 Å². The van der Waals surface area contributed by atoms with Gasteiger partial charge in [-0.2, -0.15) is 0 Å². The highest BCUT2D eigenvalue weighted by Gasteiger charge is 2.38. The largest absolute Gasteiger partial charge is 0.480 e. The second kappa shape index (κ2) is 68.6. The number of ketones is 1. The second-order valence-corrected chi connectivity index (χ2v) is 31.4. The number of aliphatic carboxylic acids is 6. The van der Waals surface area contributed by atoms with Gasteiger partial charge in [0.2, 0.25) is 10.0 Å². The molecule has 0 aliphatic rings. The normalized spacial score (nSPS) is 12.1. The molecule has 0 aromatic heterocycles. The Morgan fingerprint density at radius 3 is 0.972 bits per heavy atom. The van der Waals surface area contributed by atoms with E-state index in [1.807, 2.05) is 0 Å². The molecule has 0 saturated heterocycles. The number of rotatable bonds is 82. The topological polar surface area (TPSA) is 388 Å². The lowest BCUT2D eigenvalue weighted by Gasteiger charge is -2.34. The number of carboxylic acid groups (broad SMARTS) is 6. The fourth-order valence-corrected chi connectivity index (χ4v) is 14.1. The van der Waals surface area contributed by atoms with Crippen LogP contribution in [0.3, 0.4) is 0 Å². The van der Waals surface area contributed by atoms with Gasteiger partial charge in [0.1, 0.15) is 32.0 Å². The minimum absolute atomic E-state index is 0.112. The summed E-state index contributed by atoms with van der Waals surface area (Å²) in [5, 5.41) is 57.5. The highest BCUT2D eigenvalue weighted by molar-refractivity contribution is 7.89. The van der Waals surface area contributed by atoms with E-state index in [0.29, 0.717) is 32.1 Å². The molecule has 0 aliphatic heterocycles. The fourth-order valence-electron chi connectivity index (χ4n) is 12.8. The van der Waals surface area contributed by atoms with Crippen LogP contribution < -0.4 is 4.72 Å². The number of hydrogen-bond donors (Lipinski definition) is 7. The van der Waals surface area contributed by atoms with E-state index in [9.17, 15) is 87.0 Å². The molecule has 27 nitrogen and oxygen atoms in total. The zero-order valence-electron chi connectivity index (χ0n) is 66.2. The van der Waals surface area contributed by atoms with Crippen LogP contribution in [0.1, 0.15) is 323 Å². The molecule has 107 heavy (non-hydrogen) atoms. The van der Waals surface area contributed by atoms with Crippen molar-refractivity contribution < 1.29 is 106 Å². The Morgan fingerprint density at radius 2 is 0.626 bits per heavy atom. The number of carboxylic acids is 6. The maximum Gasteiger partial charge on any atom is 0.317 e. The minimum atomic E-state index is -4.12. The summed E-state index contributed by atoms with van der Waals surface area (Å²) in [6, 6.07) is -1.24. The van der Waals surface area contributed by atoms with Crippen LogP contribution in [-0.4, -0.2) is 241 Å². The fraction of sp³-hybridized carbons (Fsp3) is 0.873. The molecule has 0 aliphatic carbocycles. The highest BCUT2D eigenvalue weighted by atomic mass is 32.2. The van der Waals surface area contributed by atoms with Gasteiger partial charge in [-0.1, -0.05) is 265 Å². The quantitative estimate of drug-likeness (QED) is 0.0169. The van der Waals surface area contributed by atoms with E-state index in [4.69, 9.17) is 18.9 Å². The van der Waals surface area contributed by atoms with Crippen LogP contribution in [0.15, 0.2) is 0 Å². The molecule has 0 heterocycles. The predicted molar refractivity (Wildman–Crippen MR) is 413 cm³/mol. The van der Waals surface area contributed by atoms with Crippen molar-refractivity contribution in [1.29, 1.82) is 0 Å². The molecule has 28 heteroatoms. The van der Waals surface area contributed by atoms with E-state index in [2.05, 4.69) is 25.5 Å². The summed E-state index contributed by atoms with van der Waals surface area (Å²) < 4.78 is 54.0. The maximum atomic E-state index is 13.9. The van der Waals surface area contributed by atoms with E-state index >= 15 is 0 Å². The average Bonchev–Trinajstić information content (AvgIpc) is 0.841. The van der Waals surface area contributed by atoms with Crippen LogP contribution in [0.5, 0.6) is 0 Å². The van der Waals surface area contributed by atoms with Crippen LogP contribution in [0.4, 0.5) is 0 Å². The van der Waals surface area contributed by atoms with Crippen LogP contribution in [-0.2, 0) is 76.9 Å². The van der Waals surface area contributed by atoms with Gasteiger partial charge < -0.3 is 49.6 Å². The lowest BCUT2D eigenvalue weighted by atomic mass is 10.0. The first-order chi connectivity index (χ1) is 51.3. The maximum absolute atomic E-state index is 13.9. The van der Waals surface area contributed by atoms with E-state index in [1.165, 1.54) is 164 Å². The Bertz CT molecular complexity index is 2330. The third-order valence-corrected chi connectivity index (χ3v) is 20.6. The smallest absolute Gasteiger partial charge is 0.317 e. The first-order valence-electron chi connectivity index (χ1n) is 41.2. The van der Waals surface area contributed by atoms with Gasteiger partial charge >= 0.3 is 53.7 Å². The van der Waals surface area contributed by atoms with Crippen LogP contribution in [0.2, 0.25) is 0 Å². The van der Waals surface area contributed by atoms with Gasteiger partial charge in [-0.05, 0) is 32.1 Å². The average molecular weight is 1550 g/mol. The summed E-state index contributed by atoms with van der Waals surface area (Å²) in [5.41, 5.74) is -1.77. The Morgan fingerprint density at radius 1 is 0.346 bits per heavy atom. The molecule has 0 radical (unpaired) electrons. The molecule has 0 spiro atoms. The first kappa shape index (κ1) is 102. The molecule has 0 aromatic carbocycles. The van der Waals surface area contributed by atoms with Gasteiger partial charge in [-0.15, -0.1) is 0 Å². The molecule has 0 saturated carbocycles. The second-order valence-electron chi connectivity index (χ2n) is 29.4. The summed E-state index contributed by atoms with van der Waals surface area (Å²) >= 11 is 0. The monoisotopic (exact) mass is 1550 g/mol. The molecule has 1 unspecified atom stereocenters. The predicted octanol–water partition coefficient (Wildman–Crippen LogP) is 13.3. The van der Waals surface area contributed by atoms with Crippen molar-refractivity contribution in [1.82, 2.24) is 24.3 Å². The lowest BCUT2D eigenvalue weighted by molar-refractivity contribution is -0.172. The molecule has 1 atom stereocenters. The third kappa shape index (κ3) is 66.2. The van der Waals surface area contributed by atoms with Crippen molar-refractivity contribution in [2.24, 2.45) is 0 Å². The zero-order chi connectivity index (χ0) is 79.5. The molecule has 7 N–H and O–H groups in total. The van der Waals surface area contributed by atoms with Gasteiger partial charge in [0, 0.05) is 65.0 Å². The lowest BCUT2D eigenvalue weighted by Crippen LogP contribution is -2.53. The van der Waals surface area contributed by atoms with Crippen molar-refractivity contribution in [3.8, 4) is 0 Å². The van der Waals surface area contributed by atoms with Gasteiger partial charge in [0.15, 0.2) is 5.78 Å². The molecular formula is C79H145N5O22S. The molecule has 0 bridgehead atoms. The van der Waals surface area contributed by atoms with Crippen molar-refractivity contribution in [2.75, 3.05) is 111 Å². The number of hydrogen-bond acceptors (Lipinski definition) is 20. The Hall–Kier alpha value is -5.39. The van der Waals surface area contributed by atoms with Crippen molar-refractivity contribution in [3.05, 3.63) is 0 Å². The number of nitrogens with zero attached hydrogens (tertiary/aromatic N) is 4. The molecule has 0 fully saturated rings. The van der Waals surface area contributed by atoms with Gasteiger partial charge in [0.05, 0.1) is 51.1 Å². The van der Waals surface area contributed by atoms with Gasteiger partial charge in [0.25, 0.3) is 0 Å². The Kier molecular flexibility index (Phi) is 65.2. The number of nitrogens with one attached hydrogen (secondary N) is 1. The molecule has 624 valence electrons. The van der Waals surface area contributed by atoms with E-state index in [-0.39, 0.29) is 76.2 Å². The molecule has 0 aromatic rings. The highest BCUT2D eigenvalue weighted by Crippen LogP contribution is 2.21. The first-order valence-corrected chi connectivity index (χ1v) is 42.8. The summed E-state index contributed by atoms with van der Waals surface area (Å²) in [7, 11) is -4.12. The van der Waals surface area contributed by atoms with Crippen LogP contribution in [0, 0.1) is 0 Å². The summed E-state index contributed by atoms with van der Waals surface area (Å²) in [5.74, 6) is -10.7. The molecule has 0 rings (SSSR count). The number of unbranched alkanes of at least 4 members (excludes halogenated alkanes) is 39. The standard InChI is InChI=1S/C79H145N5O22S/c1-4-7-10-13-16-19-22-25-28-31-34-37-42-47-69(85)64-106-79(66-104-77(99)49-43-38-35-32-29-26-23-20-17-14-11-8-5-2,67-105-78(100)50-44-39-36-33-30-27-24-21-18-15-12-9-6-3)65-80-107(101,102)55-46-41-40-45-48-76(98)103-63-68(84(61-74(94)95)62-75(96)97)56-82(58-71(88)89)53-51-81(57-70(86)87)52-54-83(59-72(90)91)60-73(92)93/h68,80H,4-67H2,1-3H3,(H,86,87)(H,88,89)(H,90,91)(H,92,93)(H,94,95)(H,96,97). The number of sulfonamides is 1. The summed E-state index contributed by atoms with van der Waals surface area (Å²) in [6.45, 7) is -1.43. The Labute approximate surface area is 641 Å². The van der Waals surface area contributed by atoms with Gasteiger partial charge in [-0.3, -0.25) is 67.5 Å². The van der Waals surface area contributed by atoms with E-state index < -0.39 is 154 Å². The Balaban J connectivity index is 6.30. The number of Topliss-reactive ketones (excluding diaryl/α,β-unsaturated/α-hetero) is 1. The molecular weight excluding hydrogens is 1400 g/mol. The number of carbonyl (C=O) groups excluding carboxylic acids is 4. The van der Waals surface area contributed by atoms with E-state index in [0.717, 1.165) is 86.8 Å². The third-order valence-electron chi connectivity index (χ3n) is 19.2. The number of esters is 3. The summed E-state index contributed by atoms with van der Waals surface area (Å²) in [6.07, 6.45) is 45.4. The minimum Gasteiger partial charge on any atom is -0.480 e. The van der Waals surface area contributed by atoms with Gasteiger partial charge in [-0.25, -0.2) is 13.1 Å². The van der Waals surface area contributed by atoms with Crippen LogP contribution in [0.25, 0.3) is 0 Å². The van der Waals surface area contributed by atoms with Crippen LogP contribution >= 0.6 is 0 Å². The van der Waals surface area contributed by atoms with E-state index in [1.54, 1.807) is 0 Å². The SMILES string of the molecule is CCCCCCCCCCCCCCCC(=O)COC(CNS(=O)(=O)CCCCCCC(=O)OCC(CN(CCN(CCN(CC(=O)O)CC(=O)O)CC(=O)O)CC(=O)O)N(CC(=O)O)CC(=O)O)(COC(=O)CCCCCCCCCCCCCCC)COC(=O)CCCCCCCCCCCCCCC. The zero-order valence-corrected chi connectivity index (χ0v) is 67.1. The van der Waals surface area contributed by atoms with Crippen molar-refractivity contribution >= 4 is 69.5 Å². The molecule has 0 amide bonds. The number of ether oxygens (including phenoxy) is 4. The summed E-state index contributed by atoms with van der Waals surface area (Å²) in [4.78, 5) is 129. The number of carbonyl (C=O) groups is 10. The van der Waals surface area contributed by atoms with Crippen molar-refractivity contribution in [3.63, 3.8) is 0 Å².